The quantitative estimate of drug-likeness (QED) is 0.529. The van der Waals surface area contributed by atoms with Crippen LogP contribution in [0.5, 0.6) is 0 Å². The van der Waals surface area contributed by atoms with Crippen LogP contribution in [0.4, 0.5) is 5.95 Å². The smallest absolute Gasteiger partial charge is 0.390 e. The van der Waals surface area contributed by atoms with Crippen molar-refractivity contribution in [1.29, 1.82) is 0 Å². The number of nitro groups is 1. The van der Waals surface area contributed by atoms with E-state index in [1.165, 1.54) is 11.0 Å². The number of morpholine rings is 1. The number of aromatic nitrogens is 3. The maximum Gasteiger partial charge on any atom is 0.490 e. The standard InChI is InChI=1S/C9H13N5O4/c1-7-4-12(2-3-18-7)8(15)5-13-6-10-9(11-13)14(16)17/h6-7H,2-5H2,1H3. The predicted octanol–water partition coefficient (Wildman–Crippen LogP) is -0.566. The van der Waals surface area contributed by atoms with Gasteiger partial charge in [-0.15, -0.1) is 0 Å². The van der Waals surface area contributed by atoms with Crippen molar-refractivity contribution in [2.75, 3.05) is 19.7 Å². The Morgan fingerprint density at radius 3 is 3.11 bits per heavy atom. The van der Waals surface area contributed by atoms with Crippen LogP contribution < -0.4 is 0 Å². The van der Waals surface area contributed by atoms with Gasteiger partial charge in [-0.1, -0.05) is 4.98 Å². The molecule has 0 saturated carbocycles. The van der Waals surface area contributed by atoms with Crippen LogP contribution in [0.1, 0.15) is 6.92 Å². The third-order valence-electron chi connectivity index (χ3n) is 2.58. The van der Waals surface area contributed by atoms with Crippen molar-refractivity contribution in [2.24, 2.45) is 0 Å². The number of carbonyl (C=O) groups is 1. The van der Waals surface area contributed by atoms with Gasteiger partial charge in [0.1, 0.15) is 6.54 Å². The first-order valence-electron chi connectivity index (χ1n) is 5.49. The molecule has 18 heavy (non-hydrogen) atoms. The Hall–Kier alpha value is -2.03. The lowest BCUT2D eigenvalue weighted by atomic mass is 10.3. The summed E-state index contributed by atoms with van der Waals surface area (Å²) < 4.78 is 6.49. The Morgan fingerprint density at radius 2 is 2.50 bits per heavy atom. The van der Waals surface area contributed by atoms with Gasteiger partial charge in [0.25, 0.3) is 0 Å². The second-order valence-corrected chi connectivity index (χ2v) is 4.02. The number of hydrogen-bond acceptors (Lipinski definition) is 6. The first kappa shape index (κ1) is 12.4. The van der Waals surface area contributed by atoms with E-state index in [4.69, 9.17) is 4.74 Å². The molecule has 9 nitrogen and oxygen atoms in total. The highest BCUT2D eigenvalue weighted by atomic mass is 16.6. The molecule has 1 aromatic rings. The molecule has 1 saturated heterocycles. The average Bonchev–Trinajstić information content (AvgIpc) is 2.77. The third kappa shape index (κ3) is 2.80. The van der Waals surface area contributed by atoms with Crippen LogP contribution in [0.2, 0.25) is 0 Å². The number of nitrogens with zero attached hydrogens (tertiary/aromatic N) is 5. The highest BCUT2D eigenvalue weighted by molar-refractivity contribution is 5.76. The van der Waals surface area contributed by atoms with Gasteiger partial charge in [-0.05, 0) is 11.8 Å². The fourth-order valence-electron chi connectivity index (χ4n) is 1.73. The highest BCUT2D eigenvalue weighted by Gasteiger charge is 2.23. The Kier molecular flexibility index (Phi) is 3.51. The molecule has 1 aliphatic heterocycles. The molecule has 1 amide bonds. The molecular weight excluding hydrogens is 242 g/mol. The molecular formula is C9H13N5O4. The van der Waals surface area contributed by atoms with Crippen molar-refractivity contribution in [2.45, 2.75) is 19.6 Å². The van der Waals surface area contributed by atoms with Crippen molar-refractivity contribution in [3.05, 3.63) is 16.4 Å². The molecule has 0 bridgehead atoms. The van der Waals surface area contributed by atoms with Crippen LogP contribution in [0.3, 0.4) is 0 Å². The fourth-order valence-corrected chi connectivity index (χ4v) is 1.73. The van der Waals surface area contributed by atoms with Gasteiger partial charge < -0.3 is 19.8 Å². The van der Waals surface area contributed by atoms with Crippen LogP contribution in [-0.2, 0) is 16.1 Å². The summed E-state index contributed by atoms with van der Waals surface area (Å²) in [5.41, 5.74) is 0. The number of carbonyl (C=O) groups excluding carboxylic acids is 1. The van der Waals surface area contributed by atoms with Gasteiger partial charge in [0.05, 0.1) is 12.7 Å². The molecule has 0 radical (unpaired) electrons. The molecule has 1 aromatic heterocycles. The molecule has 1 unspecified atom stereocenters. The zero-order chi connectivity index (χ0) is 13.1. The topological polar surface area (TPSA) is 103 Å². The van der Waals surface area contributed by atoms with E-state index in [0.29, 0.717) is 19.7 Å². The van der Waals surface area contributed by atoms with Gasteiger partial charge in [-0.3, -0.25) is 4.79 Å². The number of hydrogen-bond donors (Lipinski definition) is 0. The summed E-state index contributed by atoms with van der Waals surface area (Å²) in [6, 6.07) is 0. The molecule has 2 rings (SSSR count). The third-order valence-corrected chi connectivity index (χ3v) is 2.58. The summed E-state index contributed by atoms with van der Waals surface area (Å²) in [7, 11) is 0. The lowest BCUT2D eigenvalue weighted by Gasteiger charge is -2.30. The van der Waals surface area contributed by atoms with E-state index >= 15 is 0 Å². The van der Waals surface area contributed by atoms with Crippen LogP contribution in [0, 0.1) is 10.1 Å². The first-order chi connectivity index (χ1) is 8.56. The van der Waals surface area contributed by atoms with Gasteiger partial charge >= 0.3 is 5.95 Å². The van der Waals surface area contributed by atoms with Crippen molar-refractivity contribution in [3.8, 4) is 0 Å². The average molecular weight is 255 g/mol. The molecule has 0 aromatic carbocycles. The summed E-state index contributed by atoms with van der Waals surface area (Å²) in [6.45, 7) is 3.40. The van der Waals surface area contributed by atoms with Crippen molar-refractivity contribution in [3.63, 3.8) is 0 Å². The van der Waals surface area contributed by atoms with E-state index in [9.17, 15) is 14.9 Å². The lowest BCUT2D eigenvalue weighted by molar-refractivity contribution is -0.394. The van der Waals surface area contributed by atoms with E-state index in [1.807, 2.05) is 6.92 Å². The Bertz CT molecular complexity index is 460. The normalized spacial score (nSPS) is 19.8. The Labute approximate surface area is 102 Å². The van der Waals surface area contributed by atoms with Crippen molar-refractivity contribution >= 4 is 11.9 Å². The summed E-state index contributed by atoms with van der Waals surface area (Å²) in [5, 5.41) is 14.0. The highest BCUT2D eigenvalue weighted by Crippen LogP contribution is 2.06. The molecule has 1 fully saturated rings. The van der Waals surface area contributed by atoms with Crippen molar-refractivity contribution < 1.29 is 14.5 Å². The summed E-state index contributed by atoms with van der Waals surface area (Å²) >= 11 is 0. The zero-order valence-electron chi connectivity index (χ0n) is 9.85. The minimum atomic E-state index is -0.697. The molecule has 0 spiro atoms. The summed E-state index contributed by atoms with van der Waals surface area (Å²) in [6.07, 6.45) is 1.19. The predicted molar refractivity (Wildman–Crippen MR) is 58.7 cm³/mol. The van der Waals surface area contributed by atoms with Gasteiger partial charge in [-0.25, -0.2) is 0 Å². The maximum atomic E-state index is 11.9. The monoisotopic (exact) mass is 255 g/mol. The van der Waals surface area contributed by atoms with Gasteiger partial charge in [0.15, 0.2) is 0 Å². The second-order valence-electron chi connectivity index (χ2n) is 4.02. The molecule has 0 N–H and O–H groups in total. The van der Waals surface area contributed by atoms with Crippen LogP contribution in [0.25, 0.3) is 0 Å². The fraction of sp³-hybridized carbons (Fsp3) is 0.667. The molecule has 2 heterocycles. The number of rotatable bonds is 3. The molecule has 1 aliphatic rings. The van der Waals surface area contributed by atoms with E-state index in [-0.39, 0.29) is 18.6 Å². The number of ether oxygens (including phenoxy) is 1. The number of amides is 1. The summed E-state index contributed by atoms with van der Waals surface area (Å²) in [4.78, 5) is 26.7. The molecule has 9 heteroatoms. The van der Waals surface area contributed by atoms with E-state index in [2.05, 4.69) is 10.1 Å². The maximum absolute atomic E-state index is 11.9. The Morgan fingerprint density at radius 1 is 1.72 bits per heavy atom. The second kappa shape index (κ2) is 5.08. The van der Waals surface area contributed by atoms with Gasteiger partial charge in [-0.2, -0.15) is 4.68 Å². The van der Waals surface area contributed by atoms with E-state index < -0.39 is 10.9 Å². The summed E-state index contributed by atoms with van der Waals surface area (Å²) in [5.74, 6) is -0.650. The minimum absolute atomic E-state index is 0.00721. The molecule has 0 aliphatic carbocycles. The van der Waals surface area contributed by atoms with Crippen LogP contribution in [0.15, 0.2) is 6.33 Å². The lowest BCUT2D eigenvalue weighted by Crippen LogP contribution is -2.45. The van der Waals surface area contributed by atoms with Gasteiger partial charge in [0, 0.05) is 18.2 Å². The first-order valence-corrected chi connectivity index (χ1v) is 5.49. The minimum Gasteiger partial charge on any atom is -0.390 e. The largest absolute Gasteiger partial charge is 0.490 e. The van der Waals surface area contributed by atoms with Gasteiger partial charge in [0.2, 0.25) is 12.2 Å². The van der Waals surface area contributed by atoms with Crippen molar-refractivity contribution in [1.82, 2.24) is 19.7 Å². The zero-order valence-corrected chi connectivity index (χ0v) is 9.85. The SMILES string of the molecule is CC1CN(C(=O)Cn2cnc([N+](=O)[O-])n2)CCO1. The van der Waals surface area contributed by atoms with E-state index in [1.54, 1.807) is 4.90 Å². The molecule has 98 valence electrons. The van der Waals surface area contributed by atoms with Crippen LogP contribution >= 0.6 is 0 Å². The molecule has 1 atom stereocenters. The van der Waals surface area contributed by atoms with E-state index in [0.717, 1.165) is 0 Å². The van der Waals surface area contributed by atoms with Crippen LogP contribution in [-0.4, -0.2) is 56.3 Å². The Balaban J connectivity index is 1.95.